The molecule has 0 radical (unpaired) electrons. The Kier molecular flexibility index (Phi) is 5.02. The highest BCUT2D eigenvalue weighted by molar-refractivity contribution is 5.96. The minimum absolute atomic E-state index is 0.167. The molecule has 0 unspecified atom stereocenters. The van der Waals surface area contributed by atoms with Crippen molar-refractivity contribution < 1.29 is 22.9 Å². The zero-order valence-electron chi connectivity index (χ0n) is 12.3. The van der Waals surface area contributed by atoms with E-state index in [1.165, 1.54) is 31.2 Å². The predicted molar refractivity (Wildman–Crippen MR) is 81.1 cm³/mol. The lowest BCUT2D eigenvalue weighted by molar-refractivity contribution is -0.384. The number of amides is 1. The first-order valence-electron chi connectivity index (χ1n) is 6.75. The van der Waals surface area contributed by atoms with Gasteiger partial charge in [0.05, 0.1) is 10.6 Å². The van der Waals surface area contributed by atoms with Crippen molar-refractivity contribution in [2.75, 3.05) is 10.6 Å². The highest BCUT2D eigenvalue weighted by Gasteiger charge is 2.19. The van der Waals surface area contributed by atoms with Gasteiger partial charge in [-0.05, 0) is 25.1 Å². The van der Waals surface area contributed by atoms with Crippen molar-refractivity contribution >= 4 is 23.0 Å². The van der Waals surface area contributed by atoms with Crippen LogP contribution in [0.5, 0.6) is 0 Å². The fourth-order valence-corrected chi connectivity index (χ4v) is 1.89. The van der Waals surface area contributed by atoms with Gasteiger partial charge < -0.3 is 10.6 Å². The molecule has 0 aliphatic heterocycles. The van der Waals surface area contributed by atoms with Gasteiger partial charge in [-0.25, -0.2) is 13.2 Å². The van der Waals surface area contributed by atoms with E-state index >= 15 is 0 Å². The second-order valence-corrected chi connectivity index (χ2v) is 4.89. The van der Waals surface area contributed by atoms with Gasteiger partial charge in [0.15, 0.2) is 17.5 Å². The van der Waals surface area contributed by atoms with Crippen LogP contribution in [0.1, 0.15) is 6.92 Å². The third kappa shape index (κ3) is 3.80. The summed E-state index contributed by atoms with van der Waals surface area (Å²) >= 11 is 0. The first-order chi connectivity index (χ1) is 11.3. The molecule has 0 aromatic heterocycles. The Balaban J connectivity index is 2.09. The Morgan fingerprint density at radius 1 is 1.17 bits per heavy atom. The predicted octanol–water partition coefficient (Wildman–Crippen LogP) is 3.45. The van der Waals surface area contributed by atoms with E-state index < -0.39 is 40.0 Å². The first kappa shape index (κ1) is 17.3. The molecule has 0 bridgehead atoms. The molecule has 0 fully saturated rings. The zero-order valence-corrected chi connectivity index (χ0v) is 12.3. The normalized spacial score (nSPS) is 11.7. The Morgan fingerprint density at radius 2 is 1.88 bits per heavy atom. The summed E-state index contributed by atoms with van der Waals surface area (Å²) in [6.45, 7) is 1.42. The molecule has 126 valence electrons. The van der Waals surface area contributed by atoms with E-state index in [4.69, 9.17) is 0 Å². The van der Waals surface area contributed by atoms with Crippen LogP contribution in [-0.2, 0) is 4.79 Å². The summed E-state index contributed by atoms with van der Waals surface area (Å²) in [5.41, 5.74) is -0.372. The average Bonchev–Trinajstić information content (AvgIpc) is 2.55. The van der Waals surface area contributed by atoms with Crippen LogP contribution in [0.3, 0.4) is 0 Å². The number of hydrogen-bond donors (Lipinski definition) is 2. The van der Waals surface area contributed by atoms with Gasteiger partial charge in [-0.15, -0.1) is 0 Å². The number of halogens is 3. The third-order valence-corrected chi connectivity index (χ3v) is 3.13. The van der Waals surface area contributed by atoms with Crippen molar-refractivity contribution in [3.05, 3.63) is 64.0 Å². The monoisotopic (exact) mass is 339 g/mol. The lowest BCUT2D eigenvalue weighted by Gasteiger charge is -2.15. The number of carbonyl (C=O) groups excluding carboxylic acids is 1. The van der Waals surface area contributed by atoms with Crippen LogP contribution in [0, 0.1) is 27.6 Å². The fourth-order valence-electron chi connectivity index (χ4n) is 1.89. The Hall–Kier alpha value is -3.10. The third-order valence-electron chi connectivity index (χ3n) is 3.13. The number of rotatable bonds is 5. The number of carbonyl (C=O) groups is 1. The van der Waals surface area contributed by atoms with Crippen molar-refractivity contribution in [1.82, 2.24) is 0 Å². The number of nitrogens with one attached hydrogen (secondary N) is 2. The number of non-ortho nitro benzene ring substituents is 1. The van der Waals surface area contributed by atoms with Crippen LogP contribution < -0.4 is 10.6 Å². The molecule has 0 aliphatic carbocycles. The molecular weight excluding hydrogens is 327 g/mol. The smallest absolute Gasteiger partial charge is 0.271 e. The molecule has 0 heterocycles. The lowest BCUT2D eigenvalue weighted by atomic mass is 10.2. The average molecular weight is 339 g/mol. The van der Waals surface area contributed by atoms with Crippen LogP contribution in [-0.4, -0.2) is 16.9 Å². The van der Waals surface area contributed by atoms with Gasteiger partial charge in [0, 0.05) is 17.8 Å². The highest BCUT2D eigenvalue weighted by Crippen LogP contribution is 2.21. The van der Waals surface area contributed by atoms with Gasteiger partial charge in [-0.2, -0.15) is 0 Å². The quantitative estimate of drug-likeness (QED) is 0.496. The number of benzene rings is 2. The maximum absolute atomic E-state index is 13.5. The number of nitro benzene ring substituents is 1. The van der Waals surface area contributed by atoms with Gasteiger partial charge in [0.2, 0.25) is 5.91 Å². The molecule has 9 heteroatoms. The molecule has 0 saturated carbocycles. The summed E-state index contributed by atoms with van der Waals surface area (Å²) in [4.78, 5) is 22.1. The molecular formula is C15H12F3N3O3. The number of nitro groups is 1. The van der Waals surface area contributed by atoms with Gasteiger partial charge >= 0.3 is 0 Å². The van der Waals surface area contributed by atoms with E-state index in [1.807, 2.05) is 0 Å². The minimum atomic E-state index is -1.69. The number of nitrogens with zero attached hydrogens (tertiary/aromatic N) is 1. The standard InChI is InChI=1S/C15H12F3N3O3/c1-8(19-9-3-2-4-10(7-9)21(23)24)15(22)20-12-6-5-11(16)13(17)14(12)18/h2-8,19H,1H3,(H,20,22)/t8-/m1/s1. The van der Waals surface area contributed by atoms with E-state index in [1.54, 1.807) is 0 Å². The van der Waals surface area contributed by atoms with E-state index in [0.29, 0.717) is 11.8 Å². The van der Waals surface area contributed by atoms with E-state index in [-0.39, 0.29) is 5.69 Å². The maximum Gasteiger partial charge on any atom is 0.271 e. The molecule has 2 N–H and O–H groups in total. The van der Waals surface area contributed by atoms with E-state index in [2.05, 4.69) is 10.6 Å². The molecule has 0 spiro atoms. The van der Waals surface area contributed by atoms with Crippen LogP contribution >= 0.6 is 0 Å². The number of anilines is 2. The van der Waals surface area contributed by atoms with Crippen molar-refractivity contribution in [1.29, 1.82) is 0 Å². The van der Waals surface area contributed by atoms with E-state index in [0.717, 1.165) is 6.07 Å². The Labute approximate surface area is 134 Å². The molecule has 24 heavy (non-hydrogen) atoms. The molecule has 2 rings (SSSR count). The molecule has 2 aromatic rings. The zero-order chi connectivity index (χ0) is 17.9. The van der Waals surface area contributed by atoms with Gasteiger partial charge in [0.25, 0.3) is 5.69 Å². The van der Waals surface area contributed by atoms with E-state index in [9.17, 15) is 28.1 Å². The van der Waals surface area contributed by atoms with Crippen molar-refractivity contribution in [3.63, 3.8) is 0 Å². The van der Waals surface area contributed by atoms with Crippen LogP contribution in [0.2, 0.25) is 0 Å². The summed E-state index contributed by atoms with van der Waals surface area (Å²) in [5, 5.41) is 15.5. The summed E-state index contributed by atoms with van der Waals surface area (Å²) in [5.74, 6) is -5.29. The second-order valence-electron chi connectivity index (χ2n) is 4.89. The van der Waals surface area contributed by atoms with Gasteiger partial charge in [0.1, 0.15) is 6.04 Å². The molecule has 6 nitrogen and oxygen atoms in total. The lowest BCUT2D eigenvalue weighted by Crippen LogP contribution is -2.32. The summed E-state index contributed by atoms with van der Waals surface area (Å²) in [7, 11) is 0. The topological polar surface area (TPSA) is 84.3 Å². The Morgan fingerprint density at radius 3 is 2.54 bits per heavy atom. The number of hydrogen-bond acceptors (Lipinski definition) is 4. The molecule has 1 amide bonds. The van der Waals surface area contributed by atoms with Crippen LogP contribution in [0.4, 0.5) is 30.2 Å². The van der Waals surface area contributed by atoms with Crippen LogP contribution in [0.15, 0.2) is 36.4 Å². The highest BCUT2D eigenvalue weighted by atomic mass is 19.2. The van der Waals surface area contributed by atoms with Crippen molar-refractivity contribution in [2.24, 2.45) is 0 Å². The van der Waals surface area contributed by atoms with Gasteiger partial charge in [-0.3, -0.25) is 14.9 Å². The molecule has 2 aromatic carbocycles. The SMILES string of the molecule is C[C@@H](Nc1cccc([N+](=O)[O-])c1)C(=O)Nc1ccc(F)c(F)c1F. The summed E-state index contributed by atoms with van der Waals surface area (Å²) < 4.78 is 39.5. The van der Waals surface area contributed by atoms with Gasteiger partial charge in [-0.1, -0.05) is 6.07 Å². The molecule has 1 atom stereocenters. The molecule has 0 saturated heterocycles. The first-order valence-corrected chi connectivity index (χ1v) is 6.75. The van der Waals surface area contributed by atoms with Crippen molar-refractivity contribution in [2.45, 2.75) is 13.0 Å². The second kappa shape index (κ2) is 6.99. The summed E-state index contributed by atoms with van der Waals surface area (Å²) in [6.07, 6.45) is 0. The summed E-state index contributed by atoms with van der Waals surface area (Å²) in [6, 6.07) is 6.11. The maximum atomic E-state index is 13.5. The fraction of sp³-hybridized carbons (Fsp3) is 0.133. The largest absolute Gasteiger partial charge is 0.374 e. The molecule has 0 aliphatic rings. The van der Waals surface area contributed by atoms with Crippen LogP contribution in [0.25, 0.3) is 0 Å². The van der Waals surface area contributed by atoms with Crippen molar-refractivity contribution in [3.8, 4) is 0 Å². The Bertz CT molecular complexity index is 799. The minimum Gasteiger partial charge on any atom is -0.374 e.